The van der Waals surface area contributed by atoms with Crippen LogP contribution in [0.5, 0.6) is 0 Å². The van der Waals surface area contributed by atoms with E-state index in [0.29, 0.717) is 11.1 Å². The van der Waals surface area contributed by atoms with Crippen molar-refractivity contribution in [2.75, 3.05) is 0 Å². The zero-order valence-corrected chi connectivity index (χ0v) is 7.71. The molecule has 66 valence electrons. The normalized spacial score (nSPS) is 9.31. The second-order valence-electron chi connectivity index (χ2n) is 2.94. The third-order valence-corrected chi connectivity index (χ3v) is 1.80. The van der Waals surface area contributed by atoms with Crippen LogP contribution in [-0.4, -0.2) is 5.78 Å². The third kappa shape index (κ3) is 2.15. The molecule has 1 nitrogen and oxygen atoms in total. The van der Waals surface area contributed by atoms with Crippen molar-refractivity contribution in [3.8, 4) is 0 Å². The summed E-state index contributed by atoms with van der Waals surface area (Å²) in [7, 11) is 0. The minimum absolute atomic E-state index is 0.00406. The minimum Gasteiger partial charge on any atom is -0.289 e. The molecule has 1 heteroatoms. The number of benzene rings is 1. The summed E-state index contributed by atoms with van der Waals surface area (Å²) in [4.78, 5) is 11.4. The van der Waals surface area contributed by atoms with E-state index in [1.165, 1.54) is 0 Å². The Morgan fingerprint density at radius 1 is 1.31 bits per heavy atom. The molecule has 0 heterocycles. The van der Waals surface area contributed by atoms with Gasteiger partial charge in [-0.15, -0.1) is 0 Å². The largest absolute Gasteiger partial charge is 0.289 e. The molecule has 0 aliphatic carbocycles. The van der Waals surface area contributed by atoms with Crippen molar-refractivity contribution < 1.29 is 4.79 Å². The van der Waals surface area contributed by atoms with Crippen LogP contribution in [0.15, 0.2) is 43.0 Å². The Bertz CT molecular complexity index is 344. The molecule has 0 aliphatic rings. The van der Waals surface area contributed by atoms with E-state index in [1.54, 1.807) is 25.1 Å². The molecule has 0 radical (unpaired) electrons. The SMILES string of the molecule is C=Cc1ccc(C(=O)C(=C)C)cc1. The molecule has 0 N–H and O–H groups in total. The molecular weight excluding hydrogens is 160 g/mol. The average Bonchev–Trinajstić information content (AvgIpc) is 2.17. The summed E-state index contributed by atoms with van der Waals surface area (Å²) >= 11 is 0. The summed E-state index contributed by atoms with van der Waals surface area (Å²) in [6.45, 7) is 8.95. The van der Waals surface area contributed by atoms with E-state index in [2.05, 4.69) is 13.2 Å². The molecule has 1 aromatic carbocycles. The Hall–Kier alpha value is -1.63. The monoisotopic (exact) mass is 172 g/mol. The predicted molar refractivity (Wildman–Crippen MR) is 55.7 cm³/mol. The number of carbonyl (C=O) groups excluding carboxylic acids is 1. The molecule has 0 amide bonds. The first-order chi connectivity index (χ1) is 6.15. The zero-order valence-electron chi connectivity index (χ0n) is 7.71. The first-order valence-corrected chi connectivity index (χ1v) is 4.08. The van der Waals surface area contributed by atoms with E-state index in [9.17, 15) is 4.79 Å². The van der Waals surface area contributed by atoms with E-state index in [4.69, 9.17) is 0 Å². The van der Waals surface area contributed by atoms with Crippen LogP contribution in [0.25, 0.3) is 6.08 Å². The van der Waals surface area contributed by atoms with Crippen LogP contribution in [0.1, 0.15) is 22.8 Å². The van der Waals surface area contributed by atoms with Crippen molar-refractivity contribution in [2.45, 2.75) is 6.92 Å². The van der Waals surface area contributed by atoms with Gasteiger partial charge in [0.1, 0.15) is 0 Å². The van der Waals surface area contributed by atoms with Crippen molar-refractivity contribution in [3.05, 3.63) is 54.1 Å². The lowest BCUT2D eigenvalue weighted by atomic mass is 10.0. The van der Waals surface area contributed by atoms with Gasteiger partial charge in [0.25, 0.3) is 0 Å². The molecule has 0 saturated carbocycles. The first kappa shape index (κ1) is 9.46. The summed E-state index contributed by atoms with van der Waals surface area (Å²) < 4.78 is 0. The van der Waals surface area contributed by atoms with Crippen molar-refractivity contribution in [1.82, 2.24) is 0 Å². The standard InChI is InChI=1S/C12H12O/c1-4-10-5-7-11(8-6-10)12(13)9(2)3/h4-8H,1-2H2,3H3. The Labute approximate surface area is 78.4 Å². The van der Waals surface area contributed by atoms with Gasteiger partial charge in [0, 0.05) is 5.56 Å². The molecule has 1 aromatic rings. The van der Waals surface area contributed by atoms with Gasteiger partial charge in [0.2, 0.25) is 0 Å². The molecule has 13 heavy (non-hydrogen) atoms. The van der Waals surface area contributed by atoms with Crippen LogP contribution >= 0.6 is 0 Å². The molecule has 1 rings (SSSR count). The summed E-state index contributed by atoms with van der Waals surface area (Å²) in [5, 5.41) is 0. The zero-order chi connectivity index (χ0) is 9.84. The second kappa shape index (κ2) is 3.85. The highest BCUT2D eigenvalue weighted by molar-refractivity contribution is 6.07. The lowest BCUT2D eigenvalue weighted by molar-refractivity contribution is 0.103. The number of carbonyl (C=O) groups is 1. The van der Waals surface area contributed by atoms with Crippen molar-refractivity contribution in [3.63, 3.8) is 0 Å². The summed E-state index contributed by atoms with van der Waals surface area (Å²) in [6, 6.07) is 7.30. The Morgan fingerprint density at radius 2 is 1.85 bits per heavy atom. The van der Waals surface area contributed by atoms with Crippen LogP contribution < -0.4 is 0 Å². The van der Waals surface area contributed by atoms with Crippen LogP contribution in [0.2, 0.25) is 0 Å². The molecule has 0 aliphatic heterocycles. The summed E-state index contributed by atoms with van der Waals surface area (Å²) in [5.74, 6) is -0.00406. The summed E-state index contributed by atoms with van der Waals surface area (Å²) in [5.41, 5.74) is 2.25. The highest BCUT2D eigenvalue weighted by atomic mass is 16.1. The second-order valence-corrected chi connectivity index (χ2v) is 2.94. The van der Waals surface area contributed by atoms with Gasteiger partial charge in [-0.25, -0.2) is 0 Å². The molecule has 0 unspecified atom stereocenters. The number of ketones is 1. The quantitative estimate of drug-likeness (QED) is 0.505. The number of hydrogen-bond acceptors (Lipinski definition) is 1. The van der Waals surface area contributed by atoms with E-state index >= 15 is 0 Å². The Morgan fingerprint density at radius 3 is 2.23 bits per heavy atom. The maximum Gasteiger partial charge on any atom is 0.188 e. The minimum atomic E-state index is -0.00406. The number of hydrogen-bond donors (Lipinski definition) is 0. The fourth-order valence-corrected chi connectivity index (χ4v) is 1.02. The molecule has 0 aromatic heterocycles. The molecular formula is C12H12O. The molecule has 0 spiro atoms. The third-order valence-electron chi connectivity index (χ3n) is 1.80. The molecule has 0 bridgehead atoms. The van der Waals surface area contributed by atoms with E-state index in [1.807, 2.05) is 12.1 Å². The fourth-order valence-electron chi connectivity index (χ4n) is 1.02. The van der Waals surface area contributed by atoms with Crippen LogP contribution in [0.4, 0.5) is 0 Å². The number of Topliss-reactive ketones (excluding diaryl/α,β-unsaturated/α-hetero) is 1. The average molecular weight is 172 g/mol. The Balaban J connectivity index is 2.98. The van der Waals surface area contributed by atoms with Gasteiger partial charge < -0.3 is 0 Å². The molecule has 0 atom stereocenters. The highest BCUT2D eigenvalue weighted by Gasteiger charge is 2.04. The van der Waals surface area contributed by atoms with Gasteiger partial charge in [-0.1, -0.05) is 43.5 Å². The first-order valence-electron chi connectivity index (χ1n) is 4.08. The van der Waals surface area contributed by atoms with E-state index in [-0.39, 0.29) is 5.78 Å². The number of allylic oxidation sites excluding steroid dienone is 1. The van der Waals surface area contributed by atoms with Crippen LogP contribution in [0.3, 0.4) is 0 Å². The van der Waals surface area contributed by atoms with Crippen LogP contribution in [-0.2, 0) is 0 Å². The van der Waals surface area contributed by atoms with E-state index in [0.717, 1.165) is 5.56 Å². The topological polar surface area (TPSA) is 17.1 Å². The maximum atomic E-state index is 11.4. The maximum absolute atomic E-state index is 11.4. The van der Waals surface area contributed by atoms with Crippen molar-refractivity contribution in [2.24, 2.45) is 0 Å². The smallest absolute Gasteiger partial charge is 0.188 e. The van der Waals surface area contributed by atoms with Gasteiger partial charge >= 0.3 is 0 Å². The lowest BCUT2D eigenvalue weighted by Crippen LogP contribution is -1.98. The van der Waals surface area contributed by atoms with Gasteiger partial charge in [-0.2, -0.15) is 0 Å². The lowest BCUT2D eigenvalue weighted by Gasteiger charge is -1.99. The van der Waals surface area contributed by atoms with Crippen molar-refractivity contribution >= 4 is 11.9 Å². The van der Waals surface area contributed by atoms with Gasteiger partial charge in [0.05, 0.1) is 0 Å². The number of rotatable bonds is 3. The van der Waals surface area contributed by atoms with Crippen LogP contribution in [0, 0.1) is 0 Å². The predicted octanol–water partition coefficient (Wildman–Crippen LogP) is 3.09. The van der Waals surface area contributed by atoms with E-state index < -0.39 is 0 Å². The van der Waals surface area contributed by atoms with Gasteiger partial charge in [-0.05, 0) is 18.1 Å². The Kier molecular flexibility index (Phi) is 2.80. The van der Waals surface area contributed by atoms with Crippen molar-refractivity contribution in [1.29, 1.82) is 0 Å². The van der Waals surface area contributed by atoms with Gasteiger partial charge in [0.15, 0.2) is 5.78 Å². The highest BCUT2D eigenvalue weighted by Crippen LogP contribution is 2.09. The molecule has 0 saturated heterocycles. The summed E-state index contributed by atoms with van der Waals surface area (Å²) in [6.07, 6.45) is 1.75. The molecule has 0 fully saturated rings. The van der Waals surface area contributed by atoms with Gasteiger partial charge in [-0.3, -0.25) is 4.79 Å². The fraction of sp³-hybridized carbons (Fsp3) is 0.0833.